The average Bonchev–Trinajstić information content (AvgIpc) is 2.98. The van der Waals surface area contributed by atoms with Crippen molar-refractivity contribution in [2.75, 3.05) is 20.1 Å². The second-order valence-corrected chi connectivity index (χ2v) is 6.60. The van der Waals surface area contributed by atoms with Crippen molar-refractivity contribution in [2.24, 2.45) is 0 Å². The van der Waals surface area contributed by atoms with E-state index in [1.165, 1.54) is 22.4 Å². The highest BCUT2D eigenvalue weighted by molar-refractivity contribution is 7.09. The Labute approximate surface area is 132 Å². The highest BCUT2D eigenvalue weighted by Crippen LogP contribution is 2.13. The molecule has 2 nitrogen and oxygen atoms in total. The smallest absolute Gasteiger partial charge is 0.0328 e. The van der Waals surface area contributed by atoms with E-state index in [4.69, 9.17) is 0 Å². The van der Waals surface area contributed by atoms with Gasteiger partial charge in [-0.3, -0.25) is 4.90 Å². The lowest BCUT2D eigenvalue weighted by atomic mass is 10.1. The molecule has 1 aromatic carbocycles. The predicted molar refractivity (Wildman–Crippen MR) is 92.8 cm³/mol. The minimum atomic E-state index is 1.01. The average molecular weight is 302 g/mol. The van der Waals surface area contributed by atoms with Crippen LogP contribution in [-0.4, -0.2) is 25.0 Å². The largest absolute Gasteiger partial charge is 0.316 e. The van der Waals surface area contributed by atoms with Gasteiger partial charge in [-0.05, 0) is 55.6 Å². The van der Waals surface area contributed by atoms with Gasteiger partial charge in [0.05, 0.1) is 0 Å². The summed E-state index contributed by atoms with van der Waals surface area (Å²) < 4.78 is 0. The quantitative estimate of drug-likeness (QED) is 0.706. The third-order valence-corrected chi connectivity index (χ3v) is 4.36. The lowest BCUT2D eigenvalue weighted by Gasteiger charge is -2.16. The van der Waals surface area contributed by atoms with E-state index in [0.29, 0.717) is 0 Å². The molecule has 0 unspecified atom stereocenters. The molecule has 0 aliphatic rings. The molecule has 0 saturated carbocycles. The van der Waals surface area contributed by atoms with Gasteiger partial charge in [-0.2, -0.15) is 0 Å². The molecule has 0 aliphatic heterocycles. The predicted octanol–water partition coefficient (Wildman–Crippen LogP) is 3.92. The zero-order valence-corrected chi connectivity index (χ0v) is 14.0. The zero-order valence-electron chi connectivity index (χ0n) is 13.1. The Hall–Kier alpha value is -1.16. The molecule has 0 aliphatic carbocycles. The summed E-state index contributed by atoms with van der Waals surface area (Å²) >= 11 is 1.83. The third-order valence-electron chi connectivity index (χ3n) is 3.50. The highest BCUT2D eigenvalue weighted by Gasteiger charge is 2.03. The number of nitrogens with one attached hydrogen (secondary N) is 1. The summed E-state index contributed by atoms with van der Waals surface area (Å²) in [7, 11) is 2.18. The first kappa shape index (κ1) is 16.2. The highest BCUT2D eigenvalue weighted by atomic mass is 32.1. The molecule has 2 aromatic rings. The molecule has 114 valence electrons. The number of hydrogen-bond donors (Lipinski definition) is 1. The lowest BCUT2D eigenvalue weighted by molar-refractivity contribution is 0.322. The number of thiophene rings is 1. The second kappa shape index (κ2) is 8.98. The Balaban J connectivity index is 1.76. The summed E-state index contributed by atoms with van der Waals surface area (Å²) in [5.41, 5.74) is 2.81. The first-order chi connectivity index (χ1) is 10.3. The first-order valence-corrected chi connectivity index (χ1v) is 8.65. The van der Waals surface area contributed by atoms with Crippen LogP contribution in [0.4, 0.5) is 0 Å². The molecule has 1 aromatic heterocycles. The maximum Gasteiger partial charge on any atom is 0.0328 e. The van der Waals surface area contributed by atoms with Crippen molar-refractivity contribution < 1.29 is 0 Å². The van der Waals surface area contributed by atoms with E-state index in [9.17, 15) is 0 Å². The Morgan fingerprint density at radius 1 is 1.00 bits per heavy atom. The van der Waals surface area contributed by atoms with Gasteiger partial charge >= 0.3 is 0 Å². The molecule has 0 atom stereocenters. The minimum absolute atomic E-state index is 1.01. The summed E-state index contributed by atoms with van der Waals surface area (Å²) in [6.45, 7) is 6.43. The van der Waals surface area contributed by atoms with Crippen LogP contribution in [0.3, 0.4) is 0 Å². The maximum absolute atomic E-state index is 3.45. The number of rotatable bonds is 9. The summed E-state index contributed by atoms with van der Waals surface area (Å²) in [6.07, 6.45) is 2.32. The van der Waals surface area contributed by atoms with Crippen LogP contribution in [-0.2, 0) is 19.5 Å². The van der Waals surface area contributed by atoms with Gasteiger partial charge < -0.3 is 5.32 Å². The van der Waals surface area contributed by atoms with Crippen LogP contribution in [0, 0.1) is 0 Å². The second-order valence-electron chi connectivity index (χ2n) is 5.57. The Morgan fingerprint density at radius 3 is 2.43 bits per heavy atom. The fraction of sp³-hybridized carbons (Fsp3) is 0.444. The van der Waals surface area contributed by atoms with Gasteiger partial charge in [0.2, 0.25) is 0 Å². The van der Waals surface area contributed by atoms with Gasteiger partial charge in [-0.1, -0.05) is 37.3 Å². The van der Waals surface area contributed by atoms with Gasteiger partial charge in [0.1, 0.15) is 0 Å². The van der Waals surface area contributed by atoms with Gasteiger partial charge in [0.25, 0.3) is 0 Å². The summed E-state index contributed by atoms with van der Waals surface area (Å²) in [5.74, 6) is 0. The van der Waals surface area contributed by atoms with Crippen molar-refractivity contribution in [2.45, 2.75) is 32.9 Å². The van der Waals surface area contributed by atoms with Crippen molar-refractivity contribution in [1.29, 1.82) is 0 Å². The van der Waals surface area contributed by atoms with Crippen molar-refractivity contribution >= 4 is 11.3 Å². The van der Waals surface area contributed by atoms with Crippen molar-refractivity contribution in [3.63, 3.8) is 0 Å². The molecular formula is C18H26N2S. The maximum atomic E-state index is 3.45. The fourth-order valence-electron chi connectivity index (χ4n) is 2.38. The van der Waals surface area contributed by atoms with E-state index < -0.39 is 0 Å². The fourth-order valence-corrected chi connectivity index (χ4v) is 3.17. The molecule has 3 heteroatoms. The molecule has 0 saturated heterocycles. The molecule has 0 spiro atoms. The normalized spacial score (nSPS) is 11.2. The van der Waals surface area contributed by atoms with Gasteiger partial charge in [0.15, 0.2) is 0 Å². The van der Waals surface area contributed by atoms with Crippen LogP contribution in [0.15, 0.2) is 41.8 Å². The minimum Gasteiger partial charge on any atom is -0.316 e. The van der Waals surface area contributed by atoms with Crippen LogP contribution < -0.4 is 5.32 Å². The Morgan fingerprint density at radius 2 is 1.76 bits per heavy atom. The van der Waals surface area contributed by atoms with Crippen LogP contribution >= 0.6 is 11.3 Å². The summed E-state index contributed by atoms with van der Waals surface area (Å²) in [4.78, 5) is 3.79. The van der Waals surface area contributed by atoms with E-state index in [-0.39, 0.29) is 0 Å². The molecular weight excluding hydrogens is 276 g/mol. The van der Waals surface area contributed by atoms with Crippen LogP contribution in [0.25, 0.3) is 0 Å². The molecule has 1 N–H and O–H groups in total. The summed E-state index contributed by atoms with van der Waals surface area (Å²) in [5, 5.41) is 5.59. The molecule has 0 amide bonds. The number of hydrogen-bond acceptors (Lipinski definition) is 3. The van der Waals surface area contributed by atoms with Crippen molar-refractivity contribution in [1.82, 2.24) is 10.2 Å². The Bertz CT molecular complexity index is 490. The van der Waals surface area contributed by atoms with E-state index in [2.05, 4.69) is 66.0 Å². The number of nitrogens with zero attached hydrogens (tertiary/aromatic N) is 1. The van der Waals surface area contributed by atoms with E-state index in [1.54, 1.807) is 0 Å². The third kappa shape index (κ3) is 6.00. The van der Waals surface area contributed by atoms with Crippen molar-refractivity contribution in [3.8, 4) is 0 Å². The lowest BCUT2D eigenvalue weighted by Crippen LogP contribution is -2.18. The van der Waals surface area contributed by atoms with Crippen molar-refractivity contribution in [3.05, 3.63) is 57.8 Å². The Kier molecular flexibility index (Phi) is 6.93. The SMILES string of the molecule is CCCNCCc1ccc(CN(C)Cc2cccs2)cc1. The van der Waals surface area contributed by atoms with Gasteiger partial charge in [-0.15, -0.1) is 11.3 Å². The molecule has 1 heterocycles. The molecule has 2 rings (SSSR count). The zero-order chi connectivity index (χ0) is 14.9. The van der Waals surface area contributed by atoms with E-state index in [1.807, 2.05) is 11.3 Å². The van der Waals surface area contributed by atoms with Crippen LogP contribution in [0.2, 0.25) is 0 Å². The topological polar surface area (TPSA) is 15.3 Å². The number of benzene rings is 1. The summed E-state index contributed by atoms with van der Waals surface area (Å²) in [6, 6.07) is 13.4. The first-order valence-electron chi connectivity index (χ1n) is 7.77. The van der Waals surface area contributed by atoms with Gasteiger partial charge in [-0.25, -0.2) is 0 Å². The van der Waals surface area contributed by atoms with Crippen LogP contribution in [0.1, 0.15) is 29.3 Å². The molecule has 0 radical (unpaired) electrons. The van der Waals surface area contributed by atoms with E-state index in [0.717, 1.165) is 32.6 Å². The molecule has 0 fully saturated rings. The standard InChI is InChI=1S/C18H26N2S/c1-3-11-19-12-10-16-6-8-17(9-7-16)14-20(2)15-18-5-4-13-21-18/h4-9,13,19H,3,10-12,14-15H2,1-2H3. The molecule has 0 bridgehead atoms. The molecule has 21 heavy (non-hydrogen) atoms. The monoisotopic (exact) mass is 302 g/mol. The van der Waals surface area contributed by atoms with Gasteiger partial charge in [0, 0.05) is 18.0 Å². The van der Waals surface area contributed by atoms with E-state index >= 15 is 0 Å². The van der Waals surface area contributed by atoms with Crippen LogP contribution in [0.5, 0.6) is 0 Å².